The van der Waals surface area contributed by atoms with Crippen LogP contribution in [0.1, 0.15) is 26.5 Å². The first-order chi connectivity index (χ1) is 10.4. The zero-order chi connectivity index (χ0) is 16.2. The van der Waals surface area contributed by atoms with Gasteiger partial charge in [0.2, 0.25) is 0 Å². The Balaban J connectivity index is 1.92. The van der Waals surface area contributed by atoms with Crippen LogP contribution in [-0.4, -0.2) is 59.9 Å². The van der Waals surface area contributed by atoms with E-state index in [1.165, 1.54) is 0 Å². The summed E-state index contributed by atoms with van der Waals surface area (Å²) in [5.74, 6) is 0.867. The van der Waals surface area contributed by atoms with E-state index in [1.807, 2.05) is 26.8 Å². The second kappa shape index (κ2) is 6.91. The van der Waals surface area contributed by atoms with Crippen LogP contribution in [0.5, 0.6) is 0 Å². The molecule has 0 N–H and O–H groups in total. The molecule has 0 unspecified atom stereocenters. The Bertz CT molecular complexity index is 508. The molecule has 2 rings (SSSR count). The number of anilines is 1. The zero-order valence-electron chi connectivity index (χ0n) is 13.7. The van der Waals surface area contributed by atoms with E-state index in [0.717, 1.165) is 24.6 Å². The van der Waals surface area contributed by atoms with Crippen molar-refractivity contribution >= 4 is 11.9 Å². The molecular weight excluding hydrogens is 284 g/mol. The topological polar surface area (TPSA) is 67.8 Å². The van der Waals surface area contributed by atoms with Crippen LogP contribution in [0.2, 0.25) is 0 Å². The Morgan fingerprint density at radius 2 is 1.91 bits per heavy atom. The van der Waals surface area contributed by atoms with Crippen molar-refractivity contribution in [3.05, 3.63) is 18.1 Å². The van der Waals surface area contributed by atoms with E-state index in [2.05, 4.69) is 14.9 Å². The molecule has 7 heteroatoms. The molecule has 0 spiro atoms. The van der Waals surface area contributed by atoms with Crippen molar-refractivity contribution in [2.45, 2.75) is 33.0 Å². The maximum Gasteiger partial charge on any atom is 0.410 e. The van der Waals surface area contributed by atoms with E-state index >= 15 is 0 Å². The summed E-state index contributed by atoms with van der Waals surface area (Å²) >= 11 is 0. The molecule has 7 nitrogen and oxygen atoms in total. The Morgan fingerprint density at radius 3 is 2.50 bits per heavy atom. The van der Waals surface area contributed by atoms with E-state index in [0.29, 0.717) is 19.7 Å². The van der Waals surface area contributed by atoms with E-state index in [4.69, 9.17) is 9.47 Å². The molecule has 0 saturated carbocycles. The molecule has 2 heterocycles. The van der Waals surface area contributed by atoms with E-state index in [-0.39, 0.29) is 6.09 Å². The molecule has 1 aliphatic rings. The van der Waals surface area contributed by atoms with Gasteiger partial charge in [-0.15, -0.1) is 0 Å². The summed E-state index contributed by atoms with van der Waals surface area (Å²) < 4.78 is 10.5. The second-order valence-electron chi connectivity index (χ2n) is 6.25. The first kappa shape index (κ1) is 16.5. The van der Waals surface area contributed by atoms with Gasteiger partial charge < -0.3 is 19.3 Å². The minimum atomic E-state index is -0.462. The standard InChI is InChI=1S/C15H24N4O3/c1-15(2,3)22-14(20)19-7-5-18(6-8-19)13-9-12(10-21-4)16-11-17-13/h9,11H,5-8,10H2,1-4H3. The summed E-state index contributed by atoms with van der Waals surface area (Å²) in [7, 11) is 1.64. The highest BCUT2D eigenvalue weighted by Gasteiger charge is 2.26. The molecule has 0 atom stereocenters. The van der Waals surface area contributed by atoms with Crippen LogP contribution in [0, 0.1) is 0 Å². The summed E-state index contributed by atoms with van der Waals surface area (Å²) in [6.45, 7) is 8.79. The van der Waals surface area contributed by atoms with E-state index in [1.54, 1.807) is 18.3 Å². The first-order valence-corrected chi connectivity index (χ1v) is 7.42. The number of ether oxygens (including phenoxy) is 2. The van der Waals surface area contributed by atoms with Gasteiger partial charge in [-0.2, -0.15) is 0 Å². The van der Waals surface area contributed by atoms with Gasteiger partial charge in [0.15, 0.2) is 0 Å². The average Bonchev–Trinajstić information content (AvgIpc) is 2.46. The number of piperazine rings is 1. The molecular formula is C15H24N4O3. The zero-order valence-corrected chi connectivity index (χ0v) is 13.7. The SMILES string of the molecule is COCc1cc(N2CCN(C(=O)OC(C)(C)C)CC2)ncn1. The molecule has 0 bridgehead atoms. The lowest BCUT2D eigenvalue weighted by Crippen LogP contribution is -2.50. The average molecular weight is 308 g/mol. The van der Waals surface area contributed by atoms with E-state index < -0.39 is 5.60 Å². The van der Waals surface area contributed by atoms with Crippen LogP contribution in [0.25, 0.3) is 0 Å². The molecule has 0 aromatic carbocycles. The summed E-state index contributed by atoms with van der Waals surface area (Å²) in [5.41, 5.74) is 0.387. The fraction of sp³-hybridized carbons (Fsp3) is 0.667. The highest BCUT2D eigenvalue weighted by Crippen LogP contribution is 2.16. The fourth-order valence-corrected chi connectivity index (χ4v) is 2.23. The normalized spacial score (nSPS) is 15.8. The van der Waals surface area contributed by atoms with Gasteiger partial charge in [0.1, 0.15) is 17.7 Å². The molecule has 22 heavy (non-hydrogen) atoms. The largest absolute Gasteiger partial charge is 0.444 e. The van der Waals surface area contributed by atoms with Crippen molar-refractivity contribution in [1.29, 1.82) is 0 Å². The summed E-state index contributed by atoms with van der Waals surface area (Å²) in [6, 6.07) is 1.92. The van der Waals surface area contributed by atoms with Crippen molar-refractivity contribution < 1.29 is 14.3 Å². The van der Waals surface area contributed by atoms with Crippen molar-refractivity contribution in [2.24, 2.45) is 0 Å². The van der Waals surface area contributed by atoms with Crippen molar-refractivity contribution in [3.8, 4) is 0 Å². The summed E-state index contributed by atoms with van der Waals surface area (Å²) in [5, 5.41) is 0. The summed E-state index contributed by atoms with van der Waals surface area (Å²) in [6.07, 6.45) is 1.29. The van der Waals surface area contributed by atoms with Gasteiger partial charge in [-0.05, 0) is 20.8 Å². The highest BCUT2D eigenvalue weighted by molar-refractivity contribution is 5.68. The smallest absolute Gasteiger partial charge is 0.410 e. The maximum atomic E-state index is 12.0. The third kappa shape index (κ3) is 4.56. The fourth-order valence-electron chi connectivity index (χ4n) is 2.23. The number of rotatable bonds is 3. The van der Waals surface area contributed by atoms with Gasteiger partial charge in [0.05, 0.1) is 12.3 Å². The van der Waals surface area contributed by atoms with Crippen LogP contribution < -0.4 is 4.90 Å². The Kier molecular flexibility index (Phi) is 5.18. The molecule has 122 valence electrons. The van der Waals surface area contributed by atoms with Crippen LogP contribution in [0.3, 0.4) is 0 Å². The Morgan fingerprint density at radius 1 is 1.23 bits per heavy atom. The number of carbonyl (C=O) groups is 1. The minimum absolute atomic E-state index is 0.255. The number of methoxy groups -OCH3 is 1. The highest BCUT2D eigenvalue weighted by atomic mass is 16.6. The van der Waals surface area contributed by atoms with Crippen molar-refractivity contribution in [3.63, 3.8) is 0 Å². The number of amides is 1. The molecule has 1 aromatic heterocycles. The third-order valence-electron chi connectivity index (χ3n) is 3.26. The lowest BCUT2D eigenvalue weighted by molar-refractivity contribution is 0.0240. The van der Waals surface area contributed by atoms with E-state index in [9.17, 15) is 4.79 Å². The van der Waals surface area contributed by atoms with Crippen LogP contribution in [-0.2, 0) is 16.1 Å². The van der Waals surface area contributed by atoms with Gasteiger partial charge in [0, 0.05) is 39.4 Å². The molecule has 0 aliphatic carbocycles. The molecule has 0 radical (unpaired) electrons. The number of carbonyl (C=O) groups excluding carboxylic acids is 1. The monoisotopic (exact) mass is 308 g/mol. The Hall–Kier alpha value is -1.89. The van der Waals surface area contributed by atoms with Gasteiger partial charge in [-0.25, -0.2) is 14.8 Å². The van der Waals surface area contributed by atoms with Gasteiger partial charge in [-0.1, -0.05) is 0 Å². The predicted octanol–water partition coefficient (Wildman–Crippen LogP) is 1.68. The predicted molar refractivity (Wildman–Crippen MR) is 82.8 cm³/mol. The molecule has 1 amide bonds. The number of aromatic nitrogens is 2. The molecule has 1 saturated heterocycles. The number of hydrogen-bond acceptors (Lipinski definition) is 6. The van der Waals surface area contributed by atoms with Gasteiger partial charge in [0.25, 0.3) is 0 Å². The van der Waals surface area contributed by atoms with Crippen LogP contribution >= 0.6 is 0 Å². The van der Waals surface area contributed by atoms with Crippen molar-refractivity contribution in [2.75, 3.05) is 38.2 Å². The quantitative estimate of drug-likeness (QED) is 0.846. The van der Waals surface area contributed by atoms with Gasteiger partial charge in [-0.3, -0.25) is 0 Å². The Labute approximate surface area is 131 Å². The van der Waals surface area contributed by atoms with Crippen LogP contribution in [0.4, 0.5) is 10.6 Å². The number of hydrogen-bond donors (Lipinski definition) is 0. The lowest BCUT2D eigenvalue weighted by Gasteiger charge is -2.36. The lowest BCUT2D eigenvalue weighted by atomic mass is 10.2. The van der Waals surface area contributed by atoms with Crippen LogP contribution in [0.15, 0.2) is 12.4 Å². The molecule has 1 fully saturated rings. The maximum absolute atomic E-state index is 12.0. The van der Waals surface area contributed by atoms with Crippen molar-refractivity contribution in [1.82, 2.24) is 14.9 Å². The molecule has 1 aliphatic heterocycles. The minimum Gasteiger partial charge on any atom is -0.444 e. The van der Waals surface area contributed by atoms with Gasteiger partial charge >= 0.3 is 6.09 Å². The molecule has 1 aromatic rings. The number of nitrogens with zero attached hydrogens (tertiary/aromatic N) is 4. The third-order valence-corrected chi connectivity index (χ3v) is 3.26. The summed E-state index contributed by atoms with van der Waals surface area (Å²) in [4.78, 5) is 24.4. The second-order valence-corrected chi connectivity index (χ2v) is 6.25. The first-order valence-electron chi connectivity index (χ1n) is 7.42.